The molecule has 0 fully saturated rings. The SMILES string of the molecule is Cc1cccc(C)c1OCc1ccc(C(=O)Nc2nn(Cc3ccccc3F)cc2Br)o1. The van der Waals surface area contributed by atoms with Crippen LogP contribution in [-0.4, -0.2) is 15.7 Å². The van der Waals surface area contributed by atoms with Crippen LogP contribution in [0.1, 0.15) is 33.0 Å². The molecule has 164 valence electrons. The number of carbonyl (C=O) groups excluding carboxylic acids is 1. The second kappa shape index (κ2) is 9.40. The third kappa shape index (κ3) is 4.91. The van der Waals surface area contributed by atoms with Gasteiger partial charge in [0.05, 0.1) is 11.0 Å². The van der Waals surface area contributed by atoms with Crippen molar-refractivity contribution >= 4 is 27.7 Å². The van der Waals surface area contributed by atoms with Crippen molar-refractivity contribution in [3.8, 4) is 5.75 Å². The van der Waals surface area contributed by atoms with Crippen LogP contribution >= 0.6 is 15.9 Å². The molecule has 0 radical (unpaired) electrons. The largest absolute Gasteiger partial charge is 0.485 e. The molecule has 32 heavy (non-hydrogen) atoms. The van der Waals surface area contributed by atoms with E-state index in [9.17, 15) is 9.18 Å². The summed E-state index contributed by atoms with van der Waals surface area (Å²) >= 11 is 3.38. The Morgan fingerprint density at radius 2 is 1.88 bits per heavy atom. The molecular weight excluding hydrogens is 477 g/mol. The summed E-state index contributed by atoms with van der Waals surface area (Å²) in [4.78, 5) is 12.6. The van der Waals surface area contributed by atoms with E-state index in [1.165, 1.54) is 6.07 Å². The topological polar surface area (TPSA) is 69.3 Å². The number of aromatic nitrogens is 2. The van der Waals surface area contributed by atoms with Gasteiger partial charge in [-0.2, -0.15) is 5.10 Å². The lowest BCUT2D eigenvalue weighted by molar-refractivity contribution is 0.0992. The highest BCUT2D eigenvalue weighted by molar-refractivity contribution is 9.10. The molecule has 0 bridgehead atoms. The molecule has 2 heterocycles. The Balaban J connectivity index is 1.40. The molecule has 6 nitrogen and oxygen atoms in total. The van der Waals surface area contributed by atoms with Gasteiger partial charge in [-0.15, -0.1) is 0 Å². The van der Waals surface area contributed by atoms with Gasteiger partial charge in [0.1, 0.15) is 23.9 Å². The van der Waals surface area contributed by atoms with E-state index in [0.29, 0.717) is 21.6 Å². The Hall–Kier alpha value is -3.39. The van der Waals surface area contributed by atoms with Gasteiger partial charge in [0.2, 0.25) is 0 Å². The van der Waals surface area contributed by atoms with Gasteiger partial charge >= 0.3 is 0 Å². The van der Waals surface area contributed by atoms with E-state index >= 15 is 0 Å². The minimum Gasteiger partial charge on any atom is -0.485 e. The highest BCUT2D eigenvalue weighted by Gasteiger charge is 2.16. The molecule has 2 aromatic carbocycles. The Labute approximate surface area is 193 Å². The van der Waals surface area contributed by atoms with Crippen molar-refractivity contribution in [1.29, 1.82) is 0 Å². The molecule has 0 atom stereocenters. The molecule has 2 aromatic heterocycles. The van der Waals surface area contributed by atoms with Crippen molar-refractivity contribution < 1.29 is 18.3 Å². The molecule has 4 aromatic rings. The van der Waals surface area contributed by atoms with Crippen molar-refractivity contribution in [2.24, 2.45) is 0 Å². The van der Waals surface area contributed by atoms with Gasteiger partial charge in [-0.1, -0.05) is 36.4 Å². The minimum atomic E-state index is -0.444. The van der Waals surface area contributed by atoms with Crippen molar-refractivity contribution in [3.63, 3.8) is 0 Å². The highest BCUT2D eigenvalue weighted by Crippen LogP contribution is 2.25. The van der Waals surface area contributed by atoms with Gasteiger partial charge in [0, 0.05) is 11.8 Å². The number of aryl methyl sites for hydroxylation is 2. The molecular formula is C24H21BrFN3O3. The van der Waals surface area contributed by atoms with E-state index in [4.69, 9.17) is 9.15 Å². The Bertz CT molecular complexity index is 1240. The zero-order valence-corrected chi connectivity index (χ0v) is 19.1. The zero-order valence-electron chi connectivity index (χ0n) is 17.6. The Morgan fingerprint density at radius 1 is 1.12 bits per heavy atom. The number of nitrogens with zero attached hydrogens (tertiary/aromatic N) is 2. The first-order chi connectivity index (χ1) is 15.4. The second-order valence-corrected chi connectivity index (χ2v) is 8.20. The van der Waals surface area contributed by atoms with E-state index in [2.05, 4.69) is 26.3 Å². The van der Waals surface area contributed by atoms with E-state index in [1.54, 1.807) is 41.2 Å². The minimum absolute atomic E-state index is 0.139. The lowest BCUT2D eigenvalue weighted by atomic mass is 10.1. The van der Waals surface area contributed by atoms with Crippen LogP contribution in [0.15, 0.2) is 69.7 Å². The summed E-state index contributed by atoms with van der Waals surface area (Å²) < 4.78 is 27.5. The zero-order chi connectivity index (χ0) is 22.7. The normalized spacial score (nSPS) is 10.9. The lowest BCUT2D eigenvalue weighted by Crippen LogP contribution is -2.12. The van der Waals surface area contributed by atoms with E-state index < -0.39 is 5.91 Å². The first kappa shape index (κ1) is 21.8. The van der Waals surface area contributed by atoms with Crippen LogP contribution in [0, 0.1) is 19.7 Å². The van der Waals surface area contributed by atoms with Crippen LogP contribution in [0.5, 0.6) is 5.75 Å². The maximum Gasteiger partial charge on any atom is 0.292 e. The number of carbonyl (C=O) groups is 1. The van der Waals surface area contributed by atoms with Gasteiger partial charge in [-0.25, -0.2) is 4.39 Å². The second-order valence-electron chi connectivity index (χ2n) is 7.34. The number of para-hydroxylation sites is 1. The summed E-state index contributed by atoms with van der Waals surface area (Å²) in [6.45, 7) is 4.40. The fourth-order valence-corrected chi connectivity index (χ4v) is 3.70. The third-order valence-corrected chi connectivity index (χ3v) is 5.47. The summed E-state index contributed by atoms with van der Waals surface area (Å²) in [5.41, 5.74) is 2.57. The first-order valence-electron chi connectivity index (χ1n) is 9.96. The summed E-state index contributed by atoms with van der Waals surface area (Å²) in [6, 6.07) is 15.7. The predicted molar refractivity (Wildman–Crippen MR) is 122 cm³/mol. The van der Waals surface area contributed by atoms with Crippen LogP contribution in [0.25, 0.3) is 0 Å². The van der Waals surface area contributed by atoms with Crippen LogP contribution < -0.4 is 10.1 Å². The van der Waals surface area contributed by atoms with Gasteiger partial charge in [0.15, 0.2) is 11.6 Å². The average molecular weight is 498 g/mol. The fourth-order valence-electron chi connectivity index (χ4n) is 3.28. The number of anilines is 1. The van der Waals surface area contributed by atoms with Crippen LogP contribution in [0.3, 0.4) is 0 Å². The van der Waals surface area contributed by atoms with Gasteiger partial charge < -0.3 is 14.5 Å². The van der Waals surface area contributed by atoms with Crippen LogP contribution in [0.4, 0.5) is 10.2 Å². The standard InChI is InChI=1S/C24H21BrFN3O3/c1-15-6-5-7-16(2)22(15)31-14-18-10-11-21(32-18)24(30)27-23-19(25)13-29(28-23)12-17-8-3-4-9-20(17)26/h3-11,13H,12,14H2,1-2H3,(H,27,28,30). The van der Waals surface area contributed by atoms with Crippen LogP contribution in [-0.2, 0) is 13.2 Å². The fraction of sp³-hybridized carbons (Fsp3) is 0.167. The highest BCUT2D eigenvalue weighted by atomic mass is 79.9. The number of furan rings is 1. The van der Waals surface area contributed by atoms with Crippen molar-refractivity contribution in [1.82, 2.24) is 9.78 Å². The first-order valence-corrected chi connectivity index (χ1v) is 10.8. The maximum absolute atomic E-state index is 13.9. The van der Waals surface area contributed by atoms with Crippen molar-refractivity contribution in [3.05, 3.63) is 99.3 Å². The van der Waals surface area contributed by atoms with Crippen LogP contribution in [0.2, 0.25) is 0 Å². The van der Waals surface area contributed by atoms with E-state index in [0.717, 1.165) is 16.9 Å². The number of amides is 1. The molecule has 0 aliphatic carbocycles. The number of benzene rings is 2. The monoisotopic (exact) mass is 497 g/mol. The Kier molecular flexibility index (Phi) is 6.41. The molecule has 0 saturated carbocycles. The average Bonchev–Trinajstić information content (AvgIpc) is 3.36. The number of ether oxygens (including phenoxy) is 1. The number of rotatable bonds is 7. The summed E-state index contributed by atoms with van der Waals surface area (Å²) in [5, 5.41) is 7.03. The summed E-state index contributed by atoms with van der Waals surface area (Å²) in [5.74, 6) is 1.04. The molecule has 1 N–H and O–H groups in total. The molecule has 0 spiro atoms. The van der Waals surface area contributed by atoms with E-state index in [-0.39, 0.29) is 24.7 Å². The number of nitrogens with one attached hydrogen (secondary N) is 1. The lowest BCUT2D eigenvalue weighted by Gasteiger charge is -2.10. The molecule has 0 saturated heterocycles. The molecule has 4 rings (SSSR count). The number of hydrogen-bond donors (Lipinski definition) is 1. The molecule has 0 aliphatic rings. The molecule has 8 heteroatoms. The van der Waals surface area contributed by atoms with E-state index in [1.807, 2.05) is 32.0 Å². The molecule has 1 amide bonds. The van der Waals surface area contributed by atoms with Gasteiger partial charge in [-0.3, -0.25) is 9.48 Å². The Morgan fingerprint density at radius 3 is 2.62 bits per heavy atom. The van der Waals surface area contributed by atoms with Crippen molar-refractivity contribution in [2.75, 3.05) is 5.32 Å². The van der Waals surface area contributed by atoms with Gasteiger partial charge in [-0.05, 0) is 59.1 Å². The third-order valence-electron chi connectivity index (χ3n) is 4.89. The number of hydrogen-bond acceptors (Lipinski definition) is 4. The molecule has 0 unspecified atom stereocenters. The quantitative estimate of drug-likeness (QED) is 0.346. The number of halogens is 2. The van der Waals surface area contributed by atoms with Crippen molar-refractivity contribution in [2.45, 2.75) is 27.0 Å². The predicted octanol–water partition coefficient (Wildman–Crippen LogP) is 5.87. The summed E-state index contributed by atoms with van der Waals surface area (Å²) in [7, 11) is 0. The maximum atomic E-state index is 13.9. The smallest absolute Gasteiger partial charge is 0.292 e. The summed E-state index contributed by atoms with van der Waals surface area (Å²) in [6.07, 6.45) is 1.67. The molecule has 0 aliphatic heterocycles. The van der Waals surface area contributed by atoms with Gasteiger partial charge in [0.25, 0.3) is 5.91 Å².